The minimum atomic E-state index is -0.489. The molecule has 2 aromatic rings. The summed E-state index contributed by atoms with van der Waals surface area (Å²) in [6, 6.07) is 10.6. The van der Waals surface area contributed by atoms with Gasteiger partial charge >= 0.3 is 35.5 Å². The maximum Gasteiger partial charge on any atom is 1.00 e. The van der Waals surface area contributed by atoms with Gasteiger partial charge in [-0.2, -0.15) is 0 Å². The molecule has 1 heterocycles. The third-order valence-electron chi connectivity index (χ3n) is 4.75. The number of ether oxygens (including phenoxy) is 1. The van der Waals surface area contributed by atoms with E-state index in [4.69, 9.17) is 9.15 Å². The zero-order valence-electron chi connectivity index (χ0n) is 17.0. The van der Waals surface area contributed by atoms with Crippen LogP contribution in [0.25, 0.3) is 33.4 Å². The molecule has 0 bridgehead atoms. The Labute approximate surface area is 265 Å². The molecule has 33 heavy (non-hydrogen) atoms. The van der Waals surface area contributed by atoms with Crippen molar-refractivity contribution in [3.05, 3.63) is 79.1 Å². The van der Waals surface area contributed by atoms with E-state index >= 15 is 0 Å². The molecule has 2 aromatic carbocycles. The van der Waals surface area contributed by atoms with Gasteiger partial charge in [-0.25, -0.2) is 4.79 Å². The van der Waals surface area contributed by atoms with Crippen LogP contribution in [0.5, 0.6) is 5.75 Å². The van der Waals surface area contributed by atoms with Gasteiger partial charge in [0.25, 0.3) is 0 Å². The van der Waals surface area contributed by atoms with E-state index in [9.17, 15) is 14.7 Å². The first kappa shape index (κ1) is 27.6. The van der Waals surface area contributed by atoms with Gasteiger partial charge in [0, 0.05) is 23.7 Å². The van der Waals surface area contributed by atoms with E-state index in [0.717, 1.165) is 0 Å². The van der Waals surface area contributed by atoms with Crippen molar-refractivity contribution < 1.29 is 48.6 Å². The van der Waals surface area contributed by atoms with E-state index in [1.54, 1.807) is 24.3 Å². The summed E-state index contributed by atoms with van der Waals surface area (Å²) in [7, 11) is 0. The van der Waals surface area contributed by atoms with Crippen molar-refractivity contribution in [2.24, 2.45) is 0 Å². The SMILES string of the molecule is C=CCOC(=O)c1ccccc1-c1c2cc(I)c(=O)c(I)c-2oc2c(I)c([O-])c(I)cc12.[Na+]. The van der Waals surface area contributed by atoms with Gasteiger partial charge in [-0.05, 0) is 114 Å². The Kier molecular flexibility index (Phi) is 9.56. The summed E-state index contributed by atoms with van der Waals surface area (Å²) in [5, 5.41) is 13.3. The Balaban J connectivity index is 0.00000306. The normalized spacial score (nSPS) is 10.8. The van der Waals surface area contributed by atoms with Crippen LogP contribution in [-0.4, -0.2) is 12.6 Å². The predicted molar refractivity (Wildman–Crippen MR) is 155 cm³/mol. The van der Waals surface area contributed by atoms with Gasteiger partial charge in [0.05, 0.1) is 9.13 Å². The van der Waals surface area contributed by atoms with Gasteiger partial charge in [0.1, 0.15) is 15.8 Å². The van der Waals surface area contributed by atoms with Crippen LogP contribution in [0.2, 0.25) is 0 Å². The molecule has 10 heteroatoms. The number of carbonyl (C=O) groups excluding carboxylic acids is 1. The van der Waals surface area contributed by atoms with Crippen molar-refractivity contribution in [3.63, 3.8) is 0 Å². The smallest absolute Gasteiger partial charge is 0.871 e. The zero-order chi connectivity index (χ0) is 23.2. The van der Waals surface area contributed by atoms with E-state index in [2.05, 4.69) is 6.58 Å². The van der Waals surface area contributed by atoms with Crippen LogP contribution in [0.3, 0.4) is 0 Å². The third-order valence-corrected chi connectivity index (χ3v) is 8.32. The molecule has 0 radical (unpaired) electrons. The van der Waals surface area contributed by atoms with Gasteiger partial charge < -0.3 is 14.3 Å². The molecule has 0 spiro atoms. The molecule has 0 N–H and O–H groups in total. The number of rotatable bonds is 4. The number of carbonyl (C=O) groups is 1. The van der Waals surface area contributed by atoms with Crippen LogP contribution in [0.1, 0.15) is 10.4 Å². The molecule has 1 aliphatic heterocycles. The van der Waals surface area contributed by atoms with Crippen LogP contribution >= 0.6 is 90.4 Å². The maximum atomic E-state index is 12.8. The van der Waals surface area contributed by atoms with E-state index in [1.165, 1.54) is 6.08 Å². The van der Waals surface area contributed by atoms with Gasteiger partial charge in [-0.1, -0.05) is 36.6 Å². The summed E-state index contributed by atoms with van der Waals surface area (Å²) in [6.07, 6.45) is 1.51. The topological polar surface area (TPSA) is 79.6 Å². The third kappa shape index (κ3) is 5.14. The van der Waals surface area contributed by atoms with E-state index in [1.807, 2.05) is 102 Å². The first-order chi connectivity index (χ1) is 15.3. The monoisotopic (exact) mass is 898 g/mol. The first-order valence-corrected chi connectivity index (χ1v) is 13.4. The minimum Gasteiger partial charge on any atom is -0.871 e. The molecule has 162 valence electrons. The molecular formula is C23H11I4NaO5. The van der Waals surface area contributed by atoms with Gasteiger partial charge in [0.15, 0.2) is 5.76 Å². The molecule has 1 aliphatic carbocycles. The number of fused-ring (bicyclic) bond motifs is 2. The summed E-state index contributed by atoms with van der Waals surface area (Å²) in [4.78, 5) is 25.5. The quantitative estimate of drug-likeness (QED) is 0.103. The zero-order valence-corrected chi connectivity index (χ0v) is 27.6. The fourth-order valence-corrected chi connectivity index (χ4v) is 6.94. The Morgan fingerprint density at radius 2 is 1.76 bits per heavy atom. The number of esters is 1. The molecule has 0 saturated heterocycles. The van der Waals surface area contributed by atoms with Crippen molar-refractivity contribution >= 4 is 107 Å². The molecule has 0 aromatic heterocycles. The molecule has 0 fully saturated rings. The second-order valence-electron chi connectivity index (χ2n) is 6.67. The molecule has 0 unspecified atom stereocenters. The van der Waals surface area contributed by atoms with Gasteiger partial charge in [0.2, 0.25) is 5.43 Å². The second kappa shape index (κ2) is 11.4. The largest absolute Gasteiger partial charge is 1.00 e. The Hall–Kier alpha value is 0.0600. The van der Waals surface area contributed by atoms with Crippen molar-refractivity contribution in [3.8, 4) is 28.2 Å². The molecule has 2 aliphatic rings. The first-order valence-electron chi connectivity index (χ1n) is 9.07. The summed E-state index contributed by atoms with van der Waals surface area (Å²) < 4.78 is 13.4. The van der Waals surface area contributed by atoms with Gasteiger partial charge in [-0.15, -0.1) is 0 Å². The van der Waals surface area contributed by atoms with Crippen molar-refractivity contribution in [1.29, 1.82) is 0 Å². The van der Waals surface area contributed by atoms with Crippen LogP contribution in [0, 0.1) is 14.3 Å². The molecule has 0 amide bonds. The van der Waals surface area contributed by atoms with Crippen LogP contribution in [0.15, 0.2) is 58.3 Å². The molecule has 5 nitrogen and oxygen atoms in total. The van der Waals surface area contributed by atoms with Crippen LogP contribution in [0.4, 0.5) is 0 Å². The second-order valence-corrected chi connectivity index (χ2v) is 11.1. The fourth-order valence-electron chi connectivity index (χ4n) is 3.37. The van der Waals surface area contributed by atoms with Crippen LogP contribution in [-0.2, 0) is 4.74 Å². The number of benzene rings is 3. The summed E-state index contributed by atoms with van der Waals surface area (Å²) >= 11 is 7.94. The van der Waals surface area contributed by atoms with Gasteiger partial charge in [-0.3, -0.25) is 4.79 Å². The average molecular weight is 898 g/mol. The standard InChI is InChI=1S/C23H12I4O5.Na/c1-2-7-31-23(30)11-6-4-3-5-10(11)16-12-8-14(24)19(28)17(26)21(12)32-22-13(16)9-15(25)20(29)18(22)27;/h2-6,8-9,28H,1,7H2;/q;+1/p-1. The maximum absolute atomic E-state index is 12.8. The number of hydrogen-bond acceptors (Lipinski definition) is 5. The minimum absolute atomic E-state index is 0. The number of hydrogen-bond donors (Lipinski definition) is 0. The molecule has 0 atom stereocenters. The average Bonchev–Trinajstić information content (AvgIpc) is 2.79. The molecular weight excluding hydrogens is 887 g/mol. The van der Waals surface area contributed by atoms with E-state index in [-0.39, 0.29) is 47.3 Å². The number of halogens is 4. The molecule has 4 rings (SSSR count). The van der Waals surface area contributed by atoms with Crippen molar-refractivity contribution in [1.82, 2.24) is 0 Å². The molecule has 0 saturated carbocycles. The van der Waals surface area contributed by atoms with Crippen molar-refractivity contribution in [2.75, 3.05) is 6.61 Å². The predicted octanol–water partition coefficient (Wildman–Crippen LogP) is 3.40. The van der Waals surface area contributed by atoms with Crippen LogP contribution < -0.4 is 40.1 Å². The van der Waals surface area contributed by atoms with E-state index < -0.39 is 5.97 Å². The Morgan fingerprint density at radius 1 is 1.06 bits per heavy atom. The summed E-state index contributed by atoms with van der Waals surface area (Å²) in [5.41, 5.74) is 2.62. The Bertz CT molecular complexity index is 1450. The Morgan fingerprint density at radius 3 is 2.45 bits per heavy atom. The summed E-state index contributed by atoms with van der Waals surface area (Å²) in [6.45, 7) is 3.68. The van der Waals surface area contributed by atoms with E-state index in [0.29, 0.717) is 53.3 Å². The summed E-state index contributed by atoms with van der Waals surface area (Å²) in [5.74, 6) is -0.252. The fraction of sp³-hybridized carbons (Fsp3) is 0.0435. The van der Waals surface area contributed by atoms with Crippen molar-refractivity contribution in [2.45, 2.75) is 0 Å².